The average molecular weight is 417 g/mol. The molecule has 0 unspecified atom stereocenters. The van der Waals surface area contributed by atoms with Crippen molar-refractivity contribution in [3.63, 3.8) is 0 Å². The molecular formula is C20H23N3O5S. The number of hydrogen-bond acceptors (Lipinski definition) is 6. The number of primary sulfonamides is 1. The fourth-order valence-corrected chi connectivity index (χ4v) is 3.69. The van der Waals surface area contributed by atoms with Gasteiger partial charge in [-0.3, -0.25) is 9.59 Å². The standard InChI is InChI=1S/C20H23N3O5S/c1-2-28-16-5-3-4-15(12-16)23-19(24)13-18(20(23)25)22-11-10-14-6-8-17(9-7-14)29(21,26)27/h3-9,12,18,22H,2,10-11,13H2,1H3,(H2,21,26,27)/t18-/m0/s1. The van der Waals surface area contributed by atoms with Gasteiger partial charge in [0.25, 0.3) is 5.91 Å². The topological polar surface area (TPSA) is 119 Å². The molecule has 3 N–H and O–H groups in total. The molecule has 2 amide bonds. The Labute approximate surface area is 169 Å². The Morgan fingerprint density at radius 3 is 2.55 bits per heavy atom. The van der Waals surface area contributed by atoms with Gasteiger partial charge in [-0.1, -0.05) is 18.2 Å². The number of carbonyl (C=O) groups is 2. The number of imide groups is 1. The van der Waals surface area contributed by atoms with Crippen molar-refractivity contribution in [2.45, 2.75) is 30.7 Å². The molecule has 1 fully saturated rings. The van der Waals surface area contributed by atoms with E-state index in [1.807, 2.05) is 6.92 Å². The monoisotopic (exact) mass is 417 g/mol. The van der Waals surface area contributed by atoms with E-state index in [2.05, 4.69) is 5.32 Å². The van der Waals surface area contributed by atoms with Gasteiger partial charge in [0.2, 0.25) is 15.9 Å². The molecule has 0 aliphatic carbocycles. The molecule has 1 saturated heterocycles. The second-order valence-electron chi connectivity index (χ2n) is 6.65. The van der Waals surface area contributed by atoms with Crippen LogP contribution in [-0.4, -0.2) is 39.4 Å². The summed E-state index contributed by atoms with van der Waals surface area (Å²) >= 11 is 0. The lowest BCUT2D eigenvalue weighted by atomic mass is 10.1. The molecule has 3 rings (SSSR count). The van der Waals surface area contributed by atoms with E-state index < -0.39 is 16.1 Å². The van der Waals surface area contributed by atoms with Crippen LogP contribution in [0.15, 0.2) is 53.4 Å². The molecule has 29 heavy (non-hydrogen) atoms. The zero-order valence-corrected chi connectivity index (χ0v) is 16.8. The van der Waals surface area contributed by atoms with Crippen LogP contribution in [0.2, 0.25) is 0 Å². The van der Waals surface area contributed by atoms with Gasteiger partial charge in [0, 0.05) is 6.07 Å². The first-order valence-electron chi connectivity index (χ1n) is 9.24. The molecule has 154 valence electrons. The van der Waals surface area contributed by atoms with Crippen LogP contribution in [-0.2, 0) is 26.0 Å². The molecule has 9 heteroatoms. The molecule has 0 saturated carbocycles. The number of sulfonamides is 1. The zero-order chi connectivity index (χ0) is 21.0. The second-order valence-corrected chi connectivity index (χ2v) is 8.21. The van der Waals surface area contributed by atoms with Gasteiger partial charge in [-0.15, -0.1) is 0 Å². The second kappa shape index (κ2) is 8.73. The van der Waals surface area contributed by atoms with Gasteiger partial charge in [0.1, 0.15) is 5.75 Å². The van der Waals surface area contributed by atoms with Crippen molar-refractivity contribution in [1.29, 1.82) is 0 Å². The number of ether oxygens (including phenoxy) is 1. The fourth-order valence-electron chi connectivity index (χ4n) is 3.18. The normalized spacial score (nSPS) is 17.0. The molecule has 2 aromatic rings. The number of amides is 2. The Morgan fingerprint density at radius 1 is 1.17 bits per heavy atom. The lowest BCUT2D eigenvalue weighted by Crippen LogP contribution is -2.39. The Hall–Kier alpha value is -2.75. The van der Waals surface area contributed by atoms with Gasteiger partial charge in [-0.05, 0) is 49.7 Å². The van der Waals surface area contributed by atoms with Crippen LogP contribution in [0.25, 0.3) is 0 Å². The van der Waals surface area contributed by atoms with E-state index in [1.54, 1.807) is 36.4 Å². The van der Waals surface area contributed by atoms with Crippen molar-refractivity contribution >= 4 is 27.5 Å². The van der Waals surface area contributed by atoms with Gasteiger partial charge in [0.05, 0.1) is 29.7 Å². The summed E-state index contributed by atoms with van der Waals surface area (Å²) in [5.74, 6) is 0.0387. The highest BCUT2D eigenvalue weighted by Crippen LogP contribution is 2.26. The van der Waals surface area contributed by atoms with Crippen LogP contribution >= 0.6 is 0 Å². The van der Waals surface area contributed by atoms with Crippen LogP contribution in [0.1, 0.15) is 18.9 Å². The number of nitrogens with two attached hydrogens (primary N) is 1. The third-order valence-corrected chi connectivity index (χ3v) is 5.52. The van der Waals surface area contributed by atoms with Gasteiger partial charge in [-0.2, -0.15) is 0 Å². The first kappa shape index (κ1) is 21.0. The Bertz CT molecular complexity index is 1010. The van der Waals surface area contributed by atoms with Crippen LogP contribution < -0.4 is 20.1 Å². The van der Waals surface area contributed by atoms with E-state index in [4.69, 9.17) is 9.88 Å². The summed E-state index contributed by atoms with van der Waals surface area (Å²) < 4.78 is 28.0. The van der Waals surface area contributed by atoms with Crippen molar-refractivity contribution in [3.05, 3.63) is 54.1 Å². The highest BCUT2D eigenvalue weighted by Gasteiger charge is 2.39. The van der Waals surface area contributed by atoms with Crippen molar-refractivity contribution < 1.29 is 22.7 Å². The average Bonchev–Trinajstić information content (AvgIpc) is 2.95. The Morgan fingerprint density at radius 2 is 1.90 bits per heavy atom. The number of rotatable bonds is 8. The first-order valence-corrected chi connectivity index (χ1v) is 10.8. The number of hydrogen-bond donors (Lipinski definition) is 2. The smallest absolute Gasteiger partial charge is 0.251 e. The highest BCUT2D eigenvalue weighted by atomic mass is 32.2. The first-order chi connectivity index (χ1) is 13.8. The third kappa shape index (κ3) is 5.00. The van der Waals surface area contributed by atoms with Gasteiger partial charge in [-0.25, -0.2) is 18.5 Å². The largest absolute Gasteiger partial charge is 0.494 e. The molecule has 0 spiro atoms. The summed E-state index contributed by atoms with van der Waals surface area (Å²) in [6.45, 7) is 2.82. The highest BCUT2D eigenvalue weighted by molar-refractivity contribution is 7.89. The Kier molecular flexibility index (Phi) is 6.31. The van der Waals surface area contributed by atoms with Gasteiger partial charge >= 0.3 is 0 Å². The van der Waals surface area contributed by atoms with E-state index in [1.165, 1.54) is 17.0 Å². The van der Waals surface area contributed by atoms with Crippen molar-refractivity contribution in [3.8, 4) is 5.75 Å². The molecule has 0 bridgehead atoms. The quantitative estimate of drug-likeness (QED) is 0.623. The lowest BCUT2D eigenvalue weighted by Gasteiger charge is -2.16. The minimum absolute atomic E-state index is 0.0516. The number of nitrogens with one attached hydrogen (secondary N) is 1. The van der Waals surface area contributed by atoms with E-state index >= 15 is 0 Å². The molecule has 2 aromatic carbocycles. The van der Waals surface area contributed by atoms with Crippen molar-refractivity contribution in [2.24, 2.45) is 5.14 Å². The number of anilines is 1. The predicted molar refractivity (Wildman–Crippen MR) is 108 cm³/mol. The van der Waals surface area contributed by atoms with Crippen LogP contribution in [0.3, 0.4) is 0 Å². The van der Waals surface area contributed by atoms with Crippen LogP contribution in [0.5, 0.6) is 5.75 Å². The number of benzene rings is 2. The van der Waals surface area contributed by atoms with E-state index in [9.17, 15) is 18.0 Å². The molecule has 1 aliphatic heterocycles. The Balaban J connectivity index is 1.59. The van der Waals surface area contributed by atoms with Crippen molar-refractivity contribution in [2.75, 3.05) is 18.1 Å². The summed E-state index contributed by atoms with van der Waals surface area (Å²) in [6, 6.07) is 12.5. The minimum Gasteiger partial charge on any atom is -0.494 e. The minimum atomic E-state index is -3.72. The molecule has 8 nitrogen and oxygen atoms in total. The van der Waals surface area contributed by atoms with Crippen molar-refractivity contribution in [1.82, 2.24) is 5.32 Å². The molecule has 0 radical (unpaired) electrons. The zero-order valence-electron chi connectivity index (χ0n) is 16.0. The van der Waals surface area contributed by atoms with E-state index in [0.29, 0.717) is 31.0 Å². The molecular weight excluding hydrogens is 394 g/mol. The third-order valence-electron chi connectivity index (χ3n) is 4.59. The van der Waals surface area contributed by atoms with Gasteiger partial charge < -0.3 is 10.1 Å². The predicted octanol–water partition coefficient (Wildman–Crippen LogP) is 1.20. The van der Waals surface area contributed by atoms with Gasteiger partial charge in [0.15, 0.2) is 0 Å². The summed E-state index contributed by atoms with van der Waals surface area (Å²) in [4.78, 5) is 26.3. The van der Waals surface area contributed by atoms with Crippen LogP contribution in [0, 0.1) is 0 Å². The van der Waals surface area contributed by atoms with Crippen LogP contribution in [0.4, 0.5) is 5.69 Å². The summed E-state index contributed by atoms with van der Waals surface area (Å²) in [6.07, 6.45) is 0.657. The molecule has 1 atom stereocenters. The lowest BCUT2D eigenvalue weighted by molar-refractivity contribution is -0.121. The number of nitrogens with zero attached hydrogens (tertiary/aromatic N) is 1. The maximum atomic E-state index is 12.7. The number of carbonyl (C=O) groups excluding carboxylic acids is 2. The molecule has 0 aromatic heterocycles. The fraction of sp³-hybridized carbons (Fsp3) is 0.300. The maximum absolute atomic E-state index is 12.7. The SMILES string of the molecule is CCOc1cccc(N2C(=O)C[C@H](NCCc3ccc(S(N)(=O)=O)cc3)C2=O)c1. The summed E-state index contributed by atoms with van der Waals surface area (Å²) in [5.41, 5.74) is 1.39. The van der Waals surface area contributed by atoms with E-state index in [-0.39, 0.29) is 23.1 Å². The maximum Gasteiger partial charge on any atom is 0.251 e. The molecule has 1 aliphatic rings. The van der Waals surface area contributed by atoms with E-state index in [0.717, 1.165) is 5.56 Å². The summed E-state index contributed by atoms with van der Waals surface area (Å²) in [7, 11) is -3.72. The summed E-state index contributed by atoms with van der Waals surface area (Å²) in [5, 5.41) is 8.19. The molecule has 1 heterocycles.